The third kappa shape index (κ3) is 3.32. The van der Waals surface area contributed by atoms with E-state index in [-0.39, 0.29) is 23.8 Å². The predicted octanol–water partition coefficient (Wildman–Crippen LogP) is 2.48. The summed E-state index contributed by atoms with van der Waals surface area (Å²) in [6.07, 6.45) is 0. The molecule has 0 atom stereocenters. The Bertz CT molecular complexity index is 741. The maximum absolute atomic E-state index is 13.2. The molecule has 0 unspecified atom stereocenters. The van der Waals surface area contributed by atoms with Gasteiger partial charge in [-0.3, -0.25) is 0 Å². The molecule has 4 nitrogen and oxygen atoms in total. The lowest BCUT2D eigenvalue weighted by Crippen LogP contribution is -2.27. The van der Waals surface area contributed by atoms with Gasteiger partial charge in [-0.25, -0.2) is 12.8 Å². The van der Waals surface area contributed by atoms with E-state index >= 15 is 0 Å². The Labute approximate surface area is 128 Å². The molecule has 2 aromatic rings. The van der Waals surface area contributed by atoms with Crippen LogP contribution in [-0.4, -0.2) is 19.8 Å². The summed E-state index contributed by atoms with van der Waals surface area (Å²) in [6, 6.07) is 5.91. The summed E-state index contributed by atoms with van der Waals surface area (Å²) in [5.41, 5.74) is 6.90. The Kier molecular flexibility index (Phi) is 4.77. The smallest absolute Gasteiger partial charge is 0.244 e. The molecular weight excluding hydrogens is 311 g/mol. The summed E-state index contributed by atoms with van der Waals surface area (Å²) in [6.45, 7) is 2.04. The molecule has 114 valence electrons. The highest BCUT2D eigenvalue weighted by molar-refractivity contribution is 7.89. The molecule has 0 spiro atoms. The van der Waals surface area contributed by atoms with Crippen LogP contribution in [0.3, 0.4) is 0 Å². The molecule has 0 bridgehead atoms. The van der Waals surface area contributed by atoms with Crippen molar-refractivity contribution in [3.05, 3.63) is 51.5 Å². The Balaban J connectivity index is 2.33. The van der Waals surface area contributed by atoms with Crippen molar-refractivity contribution in [3.8, 4) is 0 Å². The third-order valence-corrected chi connectivity index (χ3v) is 6.43. The van der Waals surface area contributed by atoms with Crippen LogP contribution in [-0.2, 0) is 23.1 Å². The van der Waals surface area contributed by atoms with Gasteiger partial charge in [0.15, 0.2) is 0 Å². The first-order chi connectivity index (χ1) is 9.86. The zero-order chi connectivity index (χ0) is 15.6. The molecule has 7 heteroatoms. The third-order valence-electron chi connectivity index (χ3n) is 3.14. The van der Waals surface area contributed by atoms with Crippen LogP contribution in [0.5, 0.6) is 0 Å². The van der Waals surface area contributed by atoms with Gasteiger partial charge in [-0.2, -0.15) is 4.31 Å². The van der Waals surface area contributed by atoms with E-state index in [0.29, 0.717) is 16.0 Å². The second-order valence-electron chi connectivity index (χ2n) is 4.77. The van der Waals surface area contributed by atoms with Crippen molar-refractivity contribution in [3.63, 3.8) is 0 Å². The molecule has 0 radical (unpaired) electrons. The van der Waals surface area contributed by atoms with Crippen molar-refractivity contribution < 1.29 is 12.8 Å². The Morgan fingerprint density at radius 3 is 2.71 bits per heavy atom. The van der Waals surface area contributed by atoms with E-state index in [1.807, 2.05) is 0 Å². The van der Waals surface area contributed by atoms with Crippen LogP contribution in [0.15, 0.2) is 34.5 Å². The van der Waals surface area contributed by atoms with E-state index in [9.17, 15) is 12.8 Å². The van der Waals surface area contributed by atoms with Gasteiger partial charge in [0.2, 0.25) is 10.0 Å². The molecule has 0 saturated carbocycles. The number of aryl methyl sites for hydroxylation is 1. The van der Waals surface area contributed by atoms with Crippen LogP contribution in [0.25, 0.3) is 0 Å². The molecule has 21 heavy (non-hydrogen) atoms. The van der Waals surface area contributed by atoms with E-state index in [1.54, 1.807) is 24.4 Å². The van der Waals surface area contributed by atoms with Gasteiger partial charge in [0.1, 0.15) is 10.7 Å². The highest BCUT2D eigenvalue weighted by Crippen LogP contribution is 2.29. The number of sulfonamides is 1. The number of halogens is 1. The minimum absolute atomic E-state index is 0.111. The summed E-state index contributed by atoms with van der Waals surface area (Å²) in [5.74, 6) is -0.382. The van der Waals surface area contributed by atoms with E-state index < -0.39 is 10.0 Å². The molecule has 0 saturated heterocycles. The Morgan fingerprint density at radius 2 is 2.10 bits per heavy atom. The summed E-state index contributed by atoms with van der Waals surface area (Å²) in [7, 11) is -2.16. The average molecular weight is 328 g/mol. The fourth-order valence-electron chi connectivity index (χ4n) is 2.11. The lowest BCUT2D eigenvalue weighted by Gasteiger charge is -2.18. The quantitative estimate of drug-likeness (QED) is 0.917. The molecule has 0 amide bonds. The minimum Gasteiger partial charge on any atom is -0.326 e. The highest BCUT2D eigenvalue weighted by Gasteiger charge is 2.27. The molecule has 1 aromatic heterocycles. The maximum Gasteiger partial charge on any atom is 0.244 e. The van der Waals surface area contributed by atoms with Gasteiger partial charge >= 0.3 is 0 Å². The average Bonchev–Trinajstić information content (AvgIpc) is 2.80. The lowest BCUT2D eigenvalue weighted by molar-refractivity contribution is 0.464. The number of nitrogens with zero attached hydrogens (tertiary/aromatic N) is 1. The molecule has 0 aliphatic rings. The number of rotatable bonds is 5. The molecule has 1 heterocycles. The van der Waals surface area contributed by atoms with Gasteiger partial charge < -0.3 is 5.73 Å². The first-order valence-corrected chi connectivity index (χ1v) is 8.66. The SMILES string of the molecule is Cc1csc(CN)c1S(=O)(=O)N(C)Cc1cccc(F)c1. The molecular formula is C14H17FN2O2S2. The topological polar surface area (TPSA) is 63.4 Å². The fourth-order valence-corrected chi connectivity index (χ4v) is 4.91. The minimum atomic E-state index is -3.64. The van der Waals surface area contributed by atoms with Crippen molar-refractivity contribution in [1.82, 2.24) is 4.31 Å². The van der Waals surface area contributed by atoms with Crippen LogP contribution in [0, 0.1) is 12.7 Å². The lowest BCUT2D eigenvalue weighted by atomic mass is 10.2. The van der Waals surface area contributed by atoms with Crippen LogP contribution in [0.2, 0.25) is 0 Å². The van der Waals surface area contributed by atoms with Crippen LogP contribution < -0.4 is 5.73 Å². The molecule has 1 aromatic carbocycles. The normalized spacial score (nSPS) is 12.0. The van der Waals surface area contributed by atoms with Crippen molar-refractivity contribution in [1.29, 1.82) is 0 Å². The molecule has 2 rings (SSSR count). The Morgan fingerprint density at radius 1 is 1.38 bits per heavy atom. The number of thiophene rings is 1. The first kappa shape index (κ1) is 16.1. The molecule has 0 aliphatic heterocycles. The highest BCUT2D eigenvalue weighted by atomic mass is 32.2. The summed E-state index contributed by atoms with van der Waals surface area (Å²) in [5, 5.41) is 1.78. The van der Waals surface area contributed by atoms with Gasteiger partial charge in [-0.05, 0) is 35.6 Å². The van der Waals surface area contributed by atoms with Crippen molar-refractivity contribution in [2.24, 2.45) is 5.73 Å². The number of hydrogen-bond donors (Lipinski definition) is 1. The van der Waals surface area contributed by atoms with Crippen molar-refractivity contribution in [2.75, 3.05) is 7.05 Å². The second kappa shape index (κ2) is 6.23. The second-order valence-corrected chi connectivity index (χ2v) is 7.71. The van der Waals surface area contributed by atoms with Gasteiger partial charge in [-0.15, -0.1) is 11.3 Å². The largest absolute Gasteiger partial charge is 0.326 e. The van der Waals surface area contributed by atoms with E-state index in [4.69, 9.17) is 5.73 Å². The summed E-state index contributed by atoms with van der Waals surface area (Å²) >= 11 is 1.34. The van der Waals surface area contributed by atoms with Gasteiger partial charge in [0.25, 0.3) is 0 Å². The van der Waals surface area contributed by atoms with E-state index in [0.717, 1.165) is 0 Å². The molecule has 0 fully saturated rings. The number of nitrogens with two attached hydrogens (primary N) is 1. The molecule has 0 aliphatic carbocycles. The van der Waals surface area contributed by atoms with Crippen molar-refractivity contribution >= 4 is 21.4 Å². The zero-order valence-electron chi connectivity index (χ0n) is 11.8. The van der Waals surface area contributed by atoms with E-state index in [1.165, 1.54) is 34.8 Å². The number of hydrogen-bond acceptors (Lipinski definition) is 4. The van der Waals surface area contributed by atoms with Gasteiger partial charge in [-0.1, -0.05) is 12.1 Å². The Hall–Kier alpha value is -1.28. The monoisotopic (exact) mass is 328 g/mol. The summed E-state index contributed by atoms with van der Waals surface area (Å²) in [4.78, 5) is 0.910. The predicted molar refractivity (Wildman–Crippen MR) is 82.0 cm³/mol. The van der Waals surface area contributed by atoms with Crippen LogP contribution >= 0.6 is 11.3 Å². The fraction of sp³-hybridized carbons (Fsp3) is 0.286. The standard InChI is InChI=1S/C14H17FN2O2S2/c1-10-9-20-13(7-16)14(10)21(18,19)17(2)8-11-4-3-5-12(15)6-11/h3-6,9H,7-8,16H2,1-2H3. The van der Waals surface area contributed by atoms with Crippen molar-refractivity contribution in [2.45, 2.75) is 24.9 Å². The van der Waals surface area contributed by atoms with E-state index in [2.05, 4.69) is 0 Å². The van der Waals surface area contributed by atoms with Gasteiger partial charge in [0, 0.05) is 25.0 Å². The summed E-state index contributed by atoms with van der Waals surface area (Å²) < 4.78 is 39.7. The van der Waals surface area contributed by atoms with Crippen LogP contribution in [0.4, 0.5) is 4.39 Å². The zero-order valence-corrected chi connectivity index (χ0v) is 13.5. The number of benzene rings is 1. The maximum atomic E-state index is 13.2. The van der Waals surface area contributed by atoms with Crippen LogP contribution in [0.1, 0.15) is 16.0 Å². The molecule has 2 N–H and O–H groups in total. The van der Waals surface area contributed by atoms with Gasteiger partial charge in [0.05, 0.1) is 0 Å². The first-order valence-electron chi connectivity index (χ1n) is 6.34.